The van der Waals surface area contributed by atoms with Crippen LogP contribution < -0.4 is 10.9 Å². The van der Waals surface area contributed by atoms with Gasteiger partial charge in [0, 0.05) is 36.9 Å². The maximum Gasteiger partial charge on any atom is 0.261 e. The van der Waals surface area contributed by atoms with Gasteiger partial charge in [0.25, 0.3) is 11.5 Å². The first kappa shape index (κ1) is 16.7. The highest BCUT2D eigenvalue weighted by atomic mass is 32.1. The molecule has 2 aromatic heterocycles. The molecule has 1 aromatic carbocycles. The summed E-state index contributed by atoms with van der Waals surface area (Å²) in [5.41, 5.74) is 0.868. The van der Waals surface area contributed by atoms with Gasteiger partial charge in [0.15, 0.2) is 0 Å². The van der Waals surface area contributed by atoms with Crippen molar-refractivity contribution < 1.29 is 9.53 Å². The zero-order valence-corrected chi connectivity index (χ0v) is 14.6. The highest BCUT2D eigenvalue weighted by Gasteiger charge is 2.16. The van der Waals surface area contributed by atoms with Crippen molar-refractivity contribution in [2.75, 3.05) is 20.3 Å². The van der Waals surface area contributed by atoms with E-state index in [2.05, 4.69) is 5.32 Å². The fraction of sp³-hybridized carbons (Fsp3) is 0.333. The third-order valence-electron chi connectivity index (χ3n) is 4.00. The van der Waals surface area contributed by atoms with Crippen LogP contribution in [0.3, 0.4) is 0 Å². The van der Waals surface area contributed by atoms with Crippen LogP contribution in [0.25, 0.3) is 21.0 Å². The number of aryl methyl sites for hydroxylation is 1. The molecule has 6 heteroatoms. The number of ether oxygens (including phenoxy) is 1. The largest absolute Gasteiger partial charge is 0.385 e. The van der Waals surface area contributed by atoms with Crippen molar-refractivity contribution in [3.05, 3.63) is 45.6 Å². The van der Waals surface area contributed by atoms with Crippen LogP contribution in [0.4, 0.5) is 0 Å². The molecule has 0 bridgehead atoms. The zero-order chi connectivity index (χ0) is 17.1. The fourth-order valence-corrected chi connectivity index (χ4v) is 3.94. The van der Waals surface area contributed by atoms with Gasteiger partial charge >= 0.3 is 0 Å². The molecule has 1 amide bonds. The smallest absolute Gasteiger partial charge is 0.261 e. The number of fused-ring (bicyclic) bond motifs is 3. The molecule has 0 radical (unpaired) electrons. The van der Waals surface area contributed by atoms with Crippen LogP contribution >= 0.6 is 11.3 Å². The van der Waals surface area contributed by atoms with E-state index in [1.54, 1.807) is 17.7 Å². The number of nitrogens with zero attached hydrogens (tertiary/aromatic N) is 1. The SMILES string of the molecule is CCn1c(=O)c2cc(C(=O)NCCCOC)sc2c2ccccc21. The zero-order valence-electron chi connectivity index (χ0n) is 13.8. The van der Waals surface area contributed by atoms with E-state index in [0.29, 0.717) is 30.0 Å². The van der Waals surface area contributed by atoms with Crippen molar-refractivity contribution in [3.8, 4) is 0 Å². The fourth-order valence-electron chi connectivity index (χ4n) is 2.84. The molecule has 0 aliphatic rings. The second-order valence-electron chi connectivity index (χ2n) is 5.52. The van der Waals surface area contributed by atoms with Crippen LogP contribution in [0.2, 0.25) is 0 Å². The van der Waals surface area contributed by atoms with Gasteiger partial charge in [-0.2, -0.15) is 0 Å². The summed E-state index contributed by atoms with van der Waals surface area (Å²) in [6, 6.07) is 9.55. The first-order chi connectivity index (χ1) is 11.7. The number of thiophene rings is 1. The summed E-state index contributed by atoms with van der Waals surface area (Å²) in [5.74, 6) is -0.140. The van der Waals surface area contributed by atoms with Crippen LogP contribution in [0.5, 0.6) is 0 Å². The highest BCUT2D eigenvalue weighted by Crippen LogP contribution is 2.30. The molecule has 0 aliphatic carbocycles. The number of hydrogen-bond acceptors (Lipinski definition) is 4. The minimum Gasteiger partial charge on any atom is -0.385 e. The lowest BCUT2D eigenvalue weighted by molar-refractivity contribution is 0.0952. The van der Waals surface area contributed by atoms with Crippen molar-refractivity contribution in [2.45, 2.75) is 19.9 Å². The summed E-state index contributed by atoms with van der Waals surface area (Å²) in [6.07, 6.45) is 0.763. The summed E-state index contributed by atoms with van der Waals surface area (Å²) in [5, 5.41) is 4.50. The number of para-hydroxylation sites is 1. The molecule has 2 heterocycles. The minimum absolute atomic E-state index is 0.0408. The number of rotatable bonds is 6. The number of pyridine rings is 1. The number of nitrogens with one attached hydrogen (secondary N) is 1. The summed E-state index contributed by atoms with van der Waals surface area (Å²) in [4.78, 5) is 25.6. The van der Waals surface area contributed by atoms with Crippen molar-refractivity contribution in [1.82, 2.24) is 9.88 Å². The van der Waals surface area contributed by atoms with Crippen LogP contribution in [-0.2, 0) is 11.3 Å². The average molecular weight is 344 g/mol. The third kappa shape index (κ3) is 2.95. The van der Waals surface area contributed by atoms with E-state index in [4.69, 9.17) is 4.74 Å². The third-order valence-corrected chi connectivity index (χ3v) is 5.17. The molecule has 0 unspecified atom stereocenters. The number of aromatic nitrogens is 1. The Morgan fingerprint density at radius 1 is 1.29 bits per heavy atom. The number of benzene rings is 1. The topological polar surface area (TPSA) is 60.3 Å². The minimum atomic E-state index is -0.140. The van der Waals surface area contributed by atoms with E-state index in [1.807, 2.05) is 31.2 Å². The lowest BCUT2D eigenvalue weighted by Crippen LogP contribution is -2.24. The molecular formula is C18H20N2O3S. The molecule has 3 rings (SSSR count). The number of amides is 1. The van der Waals surface area contributed by atoms with Crippen LogP contribution in [0, 0.1) is 0 Å². The van der Waals surface area contributed by atoms with E-state index in [9.17, 15) is 9.59 Å². The van der Waals surface area contributed by atoms with E-state index in [-0.39, 0.29) is 11.5 Å². The normalized spacial score (nSPS) is 11.2. The van der Waals surface area contributed by atoms with Gasteiger partial charge in [-0.15, -0.1) is 11.3 Å². The van der Waals surface area contributed by atoms with E-state index in [1.165, 1.54) is 11.3 Å². The molecular weight excluding hydrogens is 324 g/mol. The Morgan fingerprint density at radius 2 is 2.08 bits per heavy atom. The number of methoxy groups -OCH3 is 1. The predicted molar refractivity (Wildman–Crippen MR) is 98.1 cm³/mol. The molecule has 0 atom stereocenters. The van der Waals surface area contributed by atoms with Gasteiger partial charge in [0.2, 0.25) is 0 Å². The number of carbonyl (C=O) groups excluding carboxylic acids is 1. The molecule has 0 fully saturated rings. The molecule has 3 aromatic rings. The molecule has 0 spiro atoms. The van der Waals surface area contributed by atoms with Crippen LogP contribution in [0.1, 0.15) is 23.0 Å². The second-order valence-corrected chi connectivity index (χ2v) is 6.57. The molecule has 24 heavy (non-hydrogen) atoms. The van der Waals surface area contributed by atoms with E-state index < -0.39 is 0 Å². The van der Waals surface area contributed by atoms with Gasteiger partial charge < -0.3 is 14.6 Å². The van der Waals surface area contributed by atoms with Crippen LogP contribution in [-0.4, -0.2) is 30.7 Å². The Morgan fingerprint density at radius 3 is 2.83 bits per heavy atom. The standard InChI is InChI=1S/C18H20N2O3S/c1-3-20-14-8-5-4-7-12(14)16-13(18(20)22)11-15(24-16)17(21)19-9-6-10-23-2/h4-5,7-8,11H,3,6,9-10H2,1-2H3,(H,19,21). The predicted octanol–water partition coefficient (Wildman–Crippen LogP) is 3.00. The Hall–Kier alpha value is -2.18. The Kier molecular flexibility index (Phi) is 4.97. The van der Waals surface area contributed by atoms with Crippen molar-refractivity contribution >= 4 is 38.2 Å². The monoisotopic (exact) mass is 344 g/mol. The summed E-state index contributed by atoms with van der Waals surface area (Å²) in [6.45, 7) is 3.72. The van der Waals surface area contributed by atoms with Crippen molar-refractivity contribution in [1.29, 1.82) is 0 Å². The Bertz CT molecular complexity index is 942. The first-order valence-corrected chi connectivity index (χ1v) is 8.81. The highest BCUT2D eigenvalue weighted by molar-refractivity contribution is 7.21. The van der Waals surface area contributed by atoms with Crippen molar-refractivity contribution in [2.24, 2.45) is 0 Å². The van der Waals surface area contributed by atoms with E-state index in [0.717, 1.165) is 22.0 Å². The lowest BCUT2D eigenvalue weighted by Gasteiger charge is -2.08. The lowest BCUT2D eigenvalue weighted by atomic mass is 10.1. The molecule has 1 N–H and O–H groups in total. The van der Waals surface area contributed by atoms with Gasteiger partial charge in [0.1, 0.15) is 0 Å². The molecule has 126 valence electrons. The summed E-state index contributed by atoms with van der Waals surface area (Å²) >= 11 is 1.38. The molecule has 0 aliphatic heterocycles. The average Bonchev–Trinajstić information content (AvgIpc) is 3.05. The molecule has 5 nitrogen and oxygen atoms in total. The maximum absolute atomic E-state index is 12.7. The van der Waals surface area contributed by atoms with Crippen LogP contribution in [0.15, 0.2) is 35.1 Å². The Balaban J connectivity index is 2.05. The maximum atomic E-state index is 12.7. The summed E-state index contributed by atoms with van der Waals surface area (Å²) in [7, 11) is 1.64. The first-order valence-electron chi connectivity index (χ1n) is 7.99. The molecule has 0 saturated heterocycles. The van der Waals surface area contributed by atoms with Crippen molar-refractivity contribution in [3.63, 3.8) is 0 Å². The molecule has 0 saturated carbocycles. The number of carbonyl (C=O) groups is 1. The van der Waals surface area contributed by atoms with Gasteiger partial charge in [-0.1, -0.05) is 18.2 Å². The number of hydrogen-bond donors (Lipinski definition) is 1. The van der Waals surface area contributed by atoms with Gasteiger partial charge in [-0.25, -0.2) is 0 Å². The van der Waals surface area contributed by atoms with Gasteiger partial charge in [0.05, 0.1) is 15.8 Å². The Labute approximate surface area is 143 Å². The quantitative estimate of drug-likeness (QED) is 0.699. The van der Waals surface area contributed by atoms with Gasteiger partial charge in [-0.05, 0) is 25.5 Å². The second kappa shape index (κ2) is 7.15. The van der Waals surface area contributed by atoms with E-state index >= 15 is 0 Å². The van der Waals surface area contributed by atoms with Gasteiger partial charge in [-0.3, -0.25) is 9.59 Å². The summed E-state index contributed by atoms with van der Waals surface area (Å²) < 4.78 is 7.61.